The van der Waals surface area contributed by atoms with Crippen LogP contribution in [-0.4, -0.2) is 55.5 Å². The molecule has 0 saturated carbocycles. The fraction of sp³-hybridized carbons (Fsp3) is 0.280. The summed E-state index contributed by atoms with van der Waals surface area (Å²) in [5, 5.41) is 17.4. The highest BCUT2D eigenvalue weighted by Crippen LogP contribution is 2.29. The lowest BCUT2D eigenvalue weighted by atomic mass is 10.1. The molecule has 8 heteroatoms. The Labute approximate surface area is 190 Å². The molecule has 0 bridgehead atoms. The number of benzene rings is 1. The molecule has 4 heterocycles. The summed E-state index contributed by atoms with van der Waals surface area (Å²) in [7, 11) is 0. The minimum Gasteiger partial charge on any atom is -0.464 e. The smallest absolute Gasteiger partial charge is 0.416 e. The summed E-state index contributed by atoms with van der Waals surface area (Å²) in [4.78, 5) is 31.4. The van der Waals surface area contributed by atoms with Crippen LogP contribution in [-0.2, 0) is 6.42 Å². The monoisotopic (exact) mass is 443 g/mol. The van der Waals surface area contributed by atoms with Gasteiger partial charge in [0.05, 0.1) is 22.5 Å². The van der Waals surface area contributed by atoms with Gasteiger partial charge in [0.2, 0.25) is 0 Å². The van der Waals surface area contributed by atoms with Gasteiger partial charge in [-0.2, -0.15) is 5.10 Å². The number of nitrogens with zero attached hydrogens (tertiary/aromatic N) is 4. The fourth-order valence-electron chi connectivity index (χ4n) is 4.54. The molecule has 0 unspecified atom stereocenters. The molecule has 0 aliphatic carbocycles. The number of aromatic amines is 1. The number of nitrogens with one attached hydrogen (secondary N) is 1. The van der Waals surface area contributed by atoms with Crippen LogP contribution in [0.2, 0.25) is 0 Å². The first kappa shape index (κ1) is 21.1. The molecule has 33 heavy (non-hydrogen) atoms. The van der Waals surface area contributed by atoms with Gasteiger partial charge in [0.25, 0.3) is 5.56 Å². The molecule has 1 saturated heterocycles. The Morgan fingerprint density at radius 2 is 1.82 bits per heavy atom. The van der Waals surface area contributed by atoms with Crippen molar-refractivity contribution >= 4 is 17.0 Å². The largest absolute Gasteiger partial charge is 0.464 e. The average Bonchev–Trinajstić information content (AvgIpc) is 3.23. The molecule has 168 valence electrons. The van der Waals surface area contributed by atoms with Gasteiger partial charge in [-0.05, 0) is 68.2 Å². The molecule has 1 aliphatic rings. The highest BCUT2D eigenvalue weighted by molar-refractivity contribution is 5.96. The van der Waals surface area contributed by atoms with Crippen LogP contribution in [0, 0.1) is 0 Å². The summed E-state index contributed by atoms with van der Waals surface area (Å²) in [5.41, 5.74) is 3.12. The number of carbonyl (C=O) groups is 1. The zero-order valence-corrected chi connectivity index (χ0v) is 18.2. The molecule has 0 atom stereocenters. The summed E-state index contributed by atoms with van der Waals surface area (Å²) in [6, 6.07) is 12.8. The Morgan fingerprint density at radius 3 is 2.58 bits per heavy atom. The first-order valence-corrected chi connectivity index (χ1v) is 11.2. The molecule has 5 rings (SSSR count). The van der Waals surface area contributed by atoms with E-state index in [1.807, 2.05) is 18.2 Å². The molecule has 1 aromatic carbocycles. The van der Waals surface area contributed by atoms with Crippen LogP contribution in [0.4, 0.5) is 4.79 Å². The van der Waals surface area contributed by atoms with Crippen molar-refractivity contribution in [1.29, 1.82) is 0 Å². The molecule has 0 amide bonds. The van der Waals surface area contributed by atoms with Gasteiger partial charge in [0, 0.05) is 29.9 Å². The van der Waals surface area contributed by atoms with Crippen molar-refractivity contribution in [3.05, 3.63) is 70.8 Å². The molecule has 8 nitrogen and oxygen atoms in total. The second-order valence-corrected chi connectivity index (χ2v) is 8.42. The zero-order chi connectivity index (χ0) is 22.8. The summed E-state index contributed by atoms with van der Waals surface area (Å²) < 4.78 is 1.20. The number of rotatable bonds is 5. The standard InChI is InChI=1S/C25H25N5O3/c31-24-20(16-21(27-28-24)18-6-9-26-10-7-18)23-15-19-5-4-17(14-22(19)30(23)25(32)33)8-13-29-11-2-1-3-12-29/h4-7,9-10,14-16H,1-3,8,11-13H2,(H,28,31)(H,32,33). The van der Waals surface area contributed by atoms with Crippen molar-refractivity contribution < 1.29 is 9.90 Å². The minimum absolute atomic E-state index is 0.255. The second kappa shape index (κ2) is 8.99. The lowest BCUT2D eigenvalue weighted by Crippen LogP contribution is -2.31. The molecular weight excluding hydrogens is 418 g/mol. The van der Waals surface area contributed by atoms with Crippen molar-refractivity contribution in [1.82, 2.24) is 24.6 Å². The third-order valence-corrected chi connectivity index (χ3v) is 6.28. The van der Waals surface area contributed by atoms with Crippen molar-refractivity contribution in [3.8, 4) is 22.5 Å². The molecule has 0 radical (unpaired) electrons. The number of pyridine rings is 1. The molecule has 3 aromatic heterocycles. The van der Waals surface area contributed by atoms with Gasteiger partial charge in [-0.15, -0.1) is 0 Å². The predicted octanol–water partition coefficient (Wildman–Crippen LogP) is 4.01. The Hall–Kier alpha value is -3.78. The highest BCUT2D eigenvalue weighted by atomic mass is 16.4. The number of aromatic nitrogens is 4. The van der Waals surface area contributed by atoms with Gasteiger partial charge in [-0.25, -0.2) is 14.5 Å². The number of H-pyrrole nitrogens is 1. The Balaban J connectivity index is 1.54. The van der Waals surface area contributed by atoms with E-state index in [1.54, 1.807) is 36.7 Å². The Morgan fingerprint density at radius 1 is 1.03 bits per heavy atom. The molecule has 2 N–H and O–H groups in total. The lowest BCUT2D eigenvalue weighted by molar-refractivity contribution is 0.198. The molecule has 1 fully saturated rings. The van der Waals surface area contributed by atoms with Crippen molar-refractivity contribution in [2.45, 2.75) is 25.7 Å². The number of hydrogen-bond donors (Lipinski definition) is 2. The summed E-state index contributed by atoms with van der Waals surface area (Å²) in [6.07, 6.45) is 6.79. The first-order chi connectivity index (χ1) is 16.1. The van der Waals surface area contributed by atoms with E-state index in [0.29, 0.717) is 16.9 Å². The quantitative estimate of drug-likeness (QED) is 0.483. The number of hydrogen-bond acceptors (Lipinski definition) is 5. The van der Waals surface area contributed by atoms with E-state index in [9.17, 15) is 14.7 Å². The summed E-state index contributed by atoms with van der Waals surface area (Å²) >= 11 is 0. The van der Waals surface area contributed by atoms with Crippen LogP contribution < -0.4 is 5.56 Å². The molecule has 4 aromatic rings. The van der Waals surface area contributed by atoms with Gasteiger partial charge in [0.1, 0.15) is 0 Å². The van der Waals surface area contributed by atoms with E-state index >= 15 is 0 Å². The van der Waals surface area contributed by atoms with Crippen molar-refractivity contribution in [3.63, 3.8) is 0 Å². The maximum atomic E-state index is 12.7. The molecule has 1 aliphatic heterocycles. The Bertz CT molecular complexity index is 1350. The maximum Gasteiger partial charge on any atom is 0.416 e. The second-order valence-electron chi connectivity index (χ2n) is 8.42. The normalized spacial score (nSPS) is 14.5. The highest BCUT2D eigenvalue weighted by Gasteiger charge is 2.20. The van der Waals surface area contributed by atoms with E-state index in [1.165, 1.54) is 23.8 Å². The van der Waals surface area contributed by atoms with E-state index in [0.717, 1.165) is 42.6 Å². The number of fused-ring (bicyclic) bond motifs is 1. The topological polar surface area (TPSA) is 104 Å². The summed E-state index contributed by atoms with van der Waals surface area (Å²) in [6.45, 7) is 3.22. The van der Waals surface area contributed by atoms with Gasteiger partial charge in [0.15, 0.2) is 0 Å². The maximum absolute atomic E-state index is 12.7. The SMILES string of the molecule is O=C(O)n1c(-c2cc(-c3ccncc3)n[nH]c2=O)cc2ccc(CCN3CCCCC3)cc21. The average molecular weight is 444 g/mol. The summed E-state index contributed by atoms with van der Waals surface area (Å²) in [5.74, 6) is 0. The third kappa shape index (κ3) is 4.29. The van der Waals surface area contributed by atoms with Crippen LogP contribution in [0.3, 0.4) is 0 Å². The van der Waals surface area contributed by atoms with Crippen LogP contribution in [0.15, 0.2) is 59.7 Å². The van der Waals surface area contributed by atoms with Crippen LogP contribution in [0.25, 0.3) is 33.4 Å². The number of carboxylic acid groups (broad SMARTS) is 1. The predicted molar refractivity (Wildman–Crippen MR) is 126 cm³/mol. The first-order valence-electron chi connectivity index (χ1n) is 11.2. The van der Waals surface area contributed by atoms with E-state index in [4.69, 9.17) is 0 Å². The molecule has 0 spiro atoms. The van der Waals surface area contributed by atoms with E-state index < -0.39 is 11.7 Å². The van der Waals surface area contributed by atoms with Crippen molar-refractivity contribution in [2.75, 3.05) is 19.6 Å². The van der Waals surface area contributed by atoms with Crippen LogP contribution >= 0.6 is 0 Å². The van der Waals surface area contributed by atoms with Gasteiger partial charge >= 0.3 is 6.09 Å². The van der Waals surface area contributed by atoms with Crippen LogP contribution in [0.1, 0.15) is 24.8 Å². The minimum atomic E-state index is -1.13. The van der Waals surface area contributed by atoms with Crippen molar-refractivity contribution in [2.24, 2.45) is 0 Å². The van der Waals surface area contributed by atoms with Crippen LogP contribution in [0.5, 0.6) is 0 Å². The van der Waals surface area contributed by atoms with Gasteiger partial charge < -0.3 is 10.0 Å². The lowest BCUT2D eigenvalue weighted by Gasteiger charge is -2.26. The Kier molecular flexibility index (Phi) is 5.75. The van der Waals surface area contributed by atoms with E-state index in [2.05, 4.69) is 20.1 Å². The van der Waals surface area contributed by atoms with Gasteiger partial charge in [-0.1, -0.05) is 18.6 Å². The third-order valence-electron chi connectivity index (χ3n) is 6.28. The molecular formula is C25H25N5O3. The number of likely N-dealkylation sites (tertiary alicyclic amines) is 1. The fourth-order valence-corrected chi connectivity index (χ4v) is 4.54. The van der Waals surface area contributed by atoms with E-state index in [-0.39, 0.29) is 5.56 Å². The van der Waals surface area contributed by atoms with Gasteiger partial charge in [-0.3, -0.25) is 9.78 Å². The number of piperidine rings is 1. The zero-order valence-electron chi connectivity index (χ0n) is 18.2.